The molecule has 0 saturated carbocycles. The summed E-state index contributed by atoms with van der Waals surface area (Å²) in [5.41, 5.74) is -0.151. The Labute approximate surface area is 86.4 Å². The molecule has 5 heteroatoms. The van der Waals surface area contributed by atoms with Gasteiger partial charge in [-0.1, -0.05) is 11.6 Å². The molecule has 1 unspecified atom stereocenters. The van der Waals surface area contributed by atoms with Crippen LogP contribution in [0.25, 0.3) is 0 Å². The van der Waals surface area contributed by atoms with Gasteiger partial charge in [-0.25, -0.2) is 0 Å². The maximum atomic E-state index is 10.4. The zero-order valence-corrected chi connectivity index (χ0v) is 8.95. The number of rotatable bonds is 3. The van der Waals surface area contributed by atoms with Crippen LogP contribution < -0.4 is 0 Å². The number of halogens is 3. The third-order valence-electron chi connectivity index (χ3n) is 1.02. The second-order valence-electron chi connectivity index (χ2n) is 2.17. The number of alkyl halides is 3. The van der Waals surface area contributed by atoms with Crippen LogP contribution in [0.5, 0.6) is 0 Å². The number of ether oxygens (including phenoxy) is 1. The van der Waals surface area contributed by atoms with E-state index in [0.29, 0.717) is 5.57 Å². The van der Waals surface area contributed by atoms with E-state index in [1.807, 2.05) is 0 Å². The molecule has 0 amide bonds. The van der Waals surface area contributed by atoms with Crippen molar-refractivity contribution in [3.63, 3.8) is 0 Å². The molecule has 0 aliphatic carbocycles. The molecule has 0 aromatic rings. The van der Waals surface area contributed by atoms with Gasteiger partial charge >= 0.3 is 5.97 Å². The van der Waals surface area contributed by atoms with Gasteiger partial charge in [0.1, 0.15) is 4.84 Å². The number of esters is 1. The fourth-order valence-corrected chi connectivity index (χ4v) is 0.942. The van der Waals surface area contributed by atoms with Gasteiger partial charge in [0.15, 0.2) is 5.56 Å². The molecule has 0 spiro atoms. The van der Waals surface area contributed by atoms with Crippen molar-refractivity contribution in [2.24, 2.45) is 0 Å². The highest BCUT2D eigenvalue weighted by Gasteiger charge is 2.07. The molecule has 0 bridgehead atoms. The molecule has 0 heterocycles. The number of allylic oxidation sites excluding steroid dienone is 1. The third kappa shape index (κ3) is 5.70. The van der Waals surface area contributed by atoms with Crippen molar-refractivity contribution < 1.29 is 9.53 Å². The van der Waals surface area contributed by atoms with Crippen LogP contribution in [-0.2, 0) is 9.53 Å². The highest BCUT2D eigenvalue weighted by Crippen LogP contribution is 2.15. The molecule has 0 aromatic carbocycles. The first-order valence-corrected chi connectivity index (χ1v) is 4.52. The smallest absolute Gasteiger partial charge is 0.304 e. The second kappa shape index (κ2) is 5.68. The van der Waals surface area contributed by atoms with Crippen LogP contribution in [0.1, 0.15) is 13.8 Å². The summed E-state index contributed by atoms with van der Waals surface area (Å²) < 4.78 is 4.60. The fourth-order valence-electron chi connectivity index (χ4n) is 0.472. The van der Waals surface area contributed by atoms with E-state index in [2.05, 4.69) is 4.74 Å². The Hall–Kier alpha value is 0.0800. The van der Waals surface area contributed by atoms with E-state index < -0.39 is 16.4 Å². The lowest BCUT2D eigenvalue weighted by Gasteiger charge is -2.07. The predicted octanol–water partition coefficient (Wildman–Crippen LogP) is 2.86. The van der Waals surface area contributed by atoms with Gasteiger partial charge in [-0.15, -0.1) is 23.2 Å². The lowest BCUT2D eigenvalue weighted by atomic mass is 10.3. The molecule has 70 valence electrons. The van der Waals surface area contributed by atoms with Crippen LogP contribution in [0.2, 0.25) is 0 Å². The summed E-state index contributed by atoms with van der Waals surface area (Å²) >= 11 is 16.6. The van der Waals surface area contributed by atoms with Crippen LogP contribution in [0.3, 0.4) is 0 Å². The summed E-state index contributed by atoms with van der Waals surface area (Å²) in [7, 11) is 0. The average molecular weight is 232 g/mol. The quantitative estimate of drug-likeness (QED) is 0.424. The summed E-state index contributed by atoms with van der Waals surface area (Å²) in [4.78, 5) is 9.78. The van der Waals surface area contributed by atoms with Crippen LogP contribution in [-0.4, -0.2) is 16.4 Å². The Morgan fingerprint density at radius 1 is 1.33 bits per heavy atom. The molecule has 0 aliphatic heterocycles. The molecule has 0 saturated heterocycles. The predicted molar refractivity (Wildman–Crippen MR) is 50.7 cm³/mol. The first-order chi connectivity index (χ1) is 5.43. The molecule has 0 N–H and O–H groups in total. The van der Waals surface area contributed by atoms with E-state index in [-0.39, 0.29) is 0 Å². The molecule has 0 aliphatic rings. The van der Waals surface area contributed by atoms with Gasteiger partial charge in [0.05, 0.1) is 0 Å². The molecule has 1 atom stereocenters. The molecule has 0 radical (unpaired) electrons. The van der Waals surface area contributed by atoms with Crippen molar-refractivity contribution in [1.29, 1.82) is 0 Å². The van der Waals surface area contributed by atoms with E-state index >= 15 is 0 Å². The third-order valence-corrected chi connectivity index (χ3v) is 1.92. The number of hydrogen-bond acceptors (Lipinski definition) is 2. The maximum absolute atomic E-state index is 10.4. The SMILES string of the molecule is CC(=O)OC(Cl)C=C(C)C(Cl)Cl. The monoisotopic (exact) mass is 230 g/mol. The largest absolute Gasteiger partial charge is 0.442 e. The van der Waals surface area contributed by atoms with E-state index in [0.717, 1.165) is 0 Å². The van der Waals surface area contributed by atoms with Gasteiger partial charge < -0.3 is 4.74 Å². The lowest BCUT2D eigenvalue weighted by Crippen LogP contribution is -2.08. The summed E-state index contributed by atoms with van der Waals surface area (Å²) in [5.74, 6) is -0.445. The Kier molecular flexibility index (Phi) is 5.72. The maximum Gasteiger partial charge on any atom is 0.304 e. The van der Waals surface area contributed by atoms with Crippen LogP contribution in [0.4, 0.5) is 0 Å². The first-order valence-electron chi connectivity index (χ1n) is 3.21. The van der Waals surface area contributed by atoms with Gasteiger partial charge in [0.2, 0.25) is 0 Å². The average Bonchev–Trinajstić information content (AvgIpc) is 1.84. The van der Waals surface area contributed by atoms with Crippen LogP contribution >= 0.6 is 34.8 Å². The van der Waals surface area contributed by atoms with Gasteiger partial charge in [0.25, 0.3) is 0 Å². The molecule has 0 aromatic heterocycles. The zero-order valence-electron chi connectivity index (χ0n) is 6.68. The summed E-state index contributed by atoms with van der Waals surface area (Å²) in [6, 6.07) is 0. The topological polar surface area (TPSA) is 26.3 Å². The van der Waals surface area contributed by atoms with Crippen LogP contribution in [0, 0.1) is 0 Å². The highest BCUT2D eigenvalue weighted by molar-refractivity contribution is 6.46. The Morgan fingerprint density at radius 2 is 1.83 bits per heavy atom. The fraction of sp³-hybridized carbons (Fsp3) is 0.571. The lowest BCUT2D eigenvalue weighted by molar-refractivity contribution is -0.141. The van der Waals surface area contributed by atoms with E-state index in [9.17, 15) is 4.79 Å². The minimum atomic E-state index is -0.803. The van der Waals surface area contributed by atoms with Crippen molar-refractivity contribution in [3.05, 3.63) is 11.6 Å². The second-order valence-corrected chi connectivity index (χ2v) is 3.70. The minimum absolute atomic E-state index is 0.445. The van der Waals surface area contributed by atoms with Gasteiger partial charge in [-0.05, 0) is 18.6 Å². The van der Waals surface area contributed by atoms with Gasteiger partial charge in [-0.3, -0.25) is 4.79 Å². The van der Waals surface area contributed by atoms with Crippen molar-refractivity contribution in [2.45, 2.75) is 24.2 Å². The van der Waals surface area contributed by atoms with Gasteiger partial charge in [0, 0.05) is 6.92 Å². The Morgan fingerprint density at radius 3 is 2.17 bits per heavy atom. The number of carbonyl (C=O) groups excluding carboxylic acids is 1. The van der Waals surface area contributed by atoms with Crippen molar-refractivity contribution >= 4 is 40.8 Å². The molecule has 2 nitrogen and oxygen atoms in total. The summed E-state index contributed by atoms with van der Waals surface area (Å²) in [5, 5.41) is 0. The van der Waals surface area contributed by atoms with Crippen molar-refractivity contribution in [1.82, 2.24) is 0 Å². The summed E-state index contributed by atoms with van der Waals surface area (Å²) in [6.45, 7) is 2.97. The first kappa shape index (κ1) is 12.1. The molecule has 0 fully saturated rings. The van der Waals surface area contributed by atoms with Crippen molar-refractivity contribution in [3.8, 4) is 0 Å². The molecular weight excluding hydrogens is 222 g/mol. The molecule has 0 rings (SSSR count). The Bertz CT molecular complexity index is 189. The van der Waals surface area contributed by atoms with E-state index in [1.165, 1.54) is 13.0 Å². The summed E-state index contributed by atoms with van der Waals surface area (Å²) in [6.07, 6.45) is 1.48. The van der Waals surface area contributed by atoms with Crippen molar-refractivity contribution in [2.75, 3.05) is 0 Å². The highest BCUT2D eigenvalue weighted by atomic mass is 35.5. The number of carbonyl (C=O) groups is 1. The van der Waals surface area contributed by atoms with E-state index in [1.54, 1.807) is 6.92 Å². The normalized spacial score (nSPS) is 14.7. The molecular formula is C7H9Cl3O2. The minimum Gasteiger partial charge on any atom is -0.442 e. The number of hydrogen-bond donors (Lipinski definition) is 0. The molecule has 12 heavy (non-hydrogen) atoms. The Balaban J connectivity index is 4.04. The zero-order chi connectivity index (χ0) is 9.72. The standard InChI is InChI=1S/C7H9Cl3O2/c1-4(7(9)10)3-6(8)12-5(2)11/h3,6-7H,1-2H3. The van der Waals surface area contributed by atoms with Crippen LogP contribution in [0.15, 0.2) is 11.6 Å². The van der Waals surface area contributed by atoms with Gasteiger partial charge in [-0.2, -0.15) is 0 Å². The van der Waals surface area contributed by atoms with E-state index in [4.69, 9.17) is 34.8 Å².